The number of hydrogen-bond acceptors (Lipinski definition) is 6. The van der Waals surface area contributed by atoms with Crippen molar-refractivity contribution in [1.82, 2.24) is 4.31 Å². The second-order valence-electron chi connectivity index (χ2n) is 7.78. The van der Waals surface area contributed by atoms with E-state index in [0.717, 1.165) is 19.3 Å². The highest BCUT2D eigenvalue weighted by Crippen LogP contribution is 2.22. The summed E-state index contributed by atoms with van der Waals surface area (Å²) >= 11 is 0. The summed E-state index contributed by atoms with van der Waals surface area (Å²) in [7, 11) is -3.55. The van der Waals surface area contributed by atoms with E-state index in [4.69, 9.17) is 4.74 Å². The first kappa shape index (κ1) is 24.4. The number of amides is 2. The van der Waals surface area contributed by atoms with Crippen LogP contribution in [-0.2, 0) is 24.3 Å². The van der Waals surface area contributed by atoms with Gasteiger partial charge in [0.1, 0.15) is 0 Å². The molecule has 1 aliphatic rings. The third kappa shape index (κ3) is 6.39. The molecule has 2 aromatic rings. The monoisotopic (exact) mass is 473 g/mol. The maximum Gasteiger partial charge on any atom is 0.338 e. The molecule has 0 spiro atoms. The minimum absolute atomic E-state index is 0.171. The van der Waals surface area contributed by atoms with Crippen LogP contribution in [0.3, 0.4) is 0 Å². The number of sulfonamides is 1. The summed E-state index contributed by atoms with van der Waals surface area (Å²) < 4.78 is 32.1. The predicted molar refractivity (Wildman–Crippen MR) is 123 cm³/mol. The summed E-state index contributed by atoms with van der Waals surface area (Å²) in [6, 6.07) is 12.0. The van der Waals surface area contributed by atoms with E-state index in [1.807, 2.05) is 0 Å². The van der Waals surface area contributed by atoms with Gasteiger partial charge in [0.05, 0.1) is 10.5 Å². The second kappa shape index (κ2) is 10.6. The molecule has 2 N–H and O–H groups in total. The molecule has 1 aliphatic heterocycles. The fraction of sp³-hybridized carbons (Fsp3) is 0.348. The quantitative estimate of drug-likeness (QED) is 0.596. The third-order valence-electron chi connectivity index (χ3n) is 5.17. The Hall–Kier alpha value is -3.24. The fourth-order valence-corrected chi connectivity index (χ4v) is 4.90. The molecule has 176 valence electrons. The van der Waals surface area contributed by atoms with Crippen LogP contribution in [0.15, 0.2) is 53.4 Å². The van der Waals surface area contributed by atoms with Crippen LogP contribution in [-0.4, -0.2) is 49.7 Å². The molecule has 0 radical (unpaired) electrons. The van der Waals surface area contributed by atoms with Crippen LogP contribution >= 0.6 is 0 Å². The Kier molecular flexibility index (Phi) is 7.83. The molecule has 1 heterocycles. The van der Waals surface area contributed by atoms with E-state index < -0.39 is 28.0 Å². The number of nitrogens with zero attached hydrogens (tertiary/aromatic N) is 1. The van der Waals surface area contributed by atoms with E-state index >= 15 is 0 Å². The maximum atomic E-state index is 12.7. The lowest BCUT2D eigenvalue weighted by atomic mass is 10.2. The van der Waals surface area contributed by atoms with Crippen molar-refractivity contribution >= 4 is 39.2 Å². The lowest BCUT2D eigenvalue weighted by molar-refractivity contribution is -0.123. The SMILES string of the molecule is CC(=O)Nc1ccc(C(=O)O[C@@H](C)C(=O)Nc2ccc(S(=O)(=O)N3CCCCC3)cc2)cc1. The maximum absolute atomic E-state index is 12.7. The number of carbonyl (C=O) groups excluding carboxylic acids is 3. The molecule has 2 amide bonds. The van der Waals surface area contributed by atoms with E-state index in [-0.39, 0.29) is 16.4 Å². The highest BCUT2D eigenvalue weighted by Gasteiger charge is 2.26. The Labute approximate surface area is 193 Å². The Morgan fingerprint density at radius 2 is 1.42 bits per heavy atom. The number of piperidine rings is 1. The Bertz CT molecular complexity index is 1110. The van der Waals surface area contributed by atoms with Crippen molar-refractivity contribution < 1.29 is 27.5 Å². The summed E-state index contributed by atoms with van der Waals surface area (Å²) in [6.45, 7) is 3.84. The molecule has 0 saturated carbocycles. The van der Waals surface area contributed by atoms with Gasteiger partial charge in [-0.2, -0.15) is 4.31 Å². The van der Waals surface area contributed by atoms with E-state index in [1.165, 1.54) is 54.6 Å². The van der Waals surface area contributed by atoms with Gasteiger partial charge >= 0.3 is 5.97 Å². The number of rotatable bonds is 7. The van der Waals surface area contributed by atoms with Gasteiger partial charge in [0.15, 0.2) is 6.10 Å². The largest absolute Gasteiger partial charge is 0.449 e. The van der Waals surface area contributed by atoms with Crippen LogP contribution in [0.1, 0.15) is 43.5 Å². The van der Waals surface area contributed by atoms with Gasteiger partial charge in [0.2, 0.25) is 15.9 Å². The molecule has 0 bridgehead atoms. The topological polar surface area (TPSA) is 122 Å². The molecular formula is C23H27N3O6S. The number of esters is 1. The molecule has 9 nitrogen and oxygen atoms in total. The van der Waals surface area contributed by atoms with Crippen molar-refractivity contribution in [3.8, 4) is 0 Å². The number of ether oxygens (including phenoxy) is 1. The van der Waals surface area contributed by atoms with Crippen LogP contribution < -0.4 is 10.6 Å². The number of hydrogen-bond donors (Lipinski definition) is 2. The molecule has 1 fully saturated rings. The molecule has 10 heteroatoms. The minimum Gasteiger partial charge on any atom is -0.449 e. The summed E-state index contributed by atoms with van der Waals surface area (Å²) in [5, 5.41) is 5.21. The molecule has 0 aromatic heterocycles. The van der Waals surface area contributed by atoms with Gasteiger partial charge in [0.25, 0.3) is 5.91 Å². The Morgan fingerprint density at radius 1 is 0.879 bits per heavy atom. The van der Waals surface area contributed by atoms with Crippen molar-refractivity contribution in [3.63, 3.8) is 0 Å². The van der Waals surface area contributed by atoms with Crippen molar-refractivity contribution in [1.29, 1.82) is 0 Å². The molecule has 3 rings (SSSR count). The van der Waals surface area contributed by atoms with Gasteiger partial charge in [-0.3, -0.25) is 9.59 Å². The Balaban J connectivity index is 1.57. The average molecular weight is 474 g/mol. The van der Waals surface area contributed by atoms with Crippen molar-refractivity contribution in [2.45, 2.75) is 44.1 Å². The molecular weight excluding hydrogens is 446 g/mol. The molecule has 1 saturated heterocycles. The normalized spacial score (nSPS) is 15.3. The predicted octanol–water partition coefficient (Wildman–Crippen LogP) is 3.00. The van der Waals surface area contributed by atoms with Gasteiger partial charge in [-0.25, -0.2) is 13.2 Å². The second-order valence-corrected chi connectivity index (χ2v) is 9.72. The van der Waals surface area contributed by atoms with Gasteiger partial charge < -0.3 is 15.4 Å². The standard InChI is InChI=1S/C23H27N3O6S/c1-16(32-23(29)18-6-8-19(9-7-18)24-17(2)27)22(28)25-20-10-12-21(13-11-20)33(30,31)26-14-4-3-5-15-26/h6-13,16H,3-5,14-15H2,1-2H3,(H,24,27)(H,25,28)/t16-/m0/s1. The number of carbonyl (C=O) groups is 3. The zero-order valence-corrected chi connectivity index (χ0v) is 19.4. The van der Waals surface area contributed by atoms with Gasteiger partial charge in [0, 0.05) is 31.4 Å². The van der Waals surface area contributed by atoms with Crippen LogP contribution in [0, 0.1) is 0 Å². The molecule has 0 aliphatic carbocycles. The average Bonchev–Trinajstić information content (AvgIpc) is 2.80. The first-order chi connectivity index (χ1) is 15.7. The zero-order chi connectivity index (χ0) is 24.0. The Morgan fingerprint density at radius 3 is 2.00 bits per heavy atom. The van der Waals surface area contributed by atoms with Gasteiger partial charge in [-0.15, -0.1) is 0 Å². The highest BCUT2D eigenvalue weighted by molar-refractivity contribution is 7.89. The first-order valence-corrected chi connectivity index (χ1v) is 12.1. The molecule has 1 atom stereocenters. The van der Waals surface area contributed by atoms with Crippen LogP contribution in [0.25, 0.3) is 0 Å². The number of nitrogens with one attached hydrogen (secondary N) is 2. The molecule has 0 unspecified atom stereocenters. The highest BCUT2D eigenvalue weighted by atomic mass is 32.2. The van der Waals surface area contributed by atoms with Gasteiger partial charge in [-0.1, -0.05) is 6.42 Å². The third-order valence-corrected chi connectivity index (χ3v) is 7.08. The van der Waals surface area contributed by atoms with Crippen LogP contribution in [0.5, 0.6) is 0 Å². The smallest absolute Gasteiger partial charge is 0.338 e. The summed E-state index contributed by atoms with van der Waals surface area (Å²) in [6.07, 6.45) is 1.65. The van der Waals surface area contributed by atoms with E-state index in [0.29, 0.717) is 24.5 Å². The van der Waals surface area contributed by atoms with Crippen LogP contribution in [0.4, 0.5) is 11.4 Å². The van der Waals surface area contributed by atoms with Crippen LogP contribution in [0.2, 0.25) is 0 Å². The van der Waals surface area contributed by atoms with E-state index in [9.17, 15) is 22.8 Å². The van der Waals surface area contributed by atoms with Gasteiger partial charge in [-0.05, 0) is 68.3 Å². The molecule has 33 heavy (non-hydrogen) atoms. The first-order valence-electron chi connectivity index (χ1n) is 10.7. The minimum atomic E-state index is -3.55. The van der Waals surface area contributed by atoms with Crippen molar-refractivity contribution in [2.75, 3.05) is 23.7 Å². The zero-order valence-electron chi connectivity index (χ0n) is 18.5. The lowest BCUT2D eigenvalue weighted by Crippen LogP contribution is -2.35. The summed E-state index contributed by atoms with van der Waals surface area (Å²) in [5.74, 6) is -1.47. The van der Waals surface area contributed by atoms with Crippen molar-refractivity contribution in [3.05, 3.63) is 54.1 Å². The van der Waals surface area contributed by atoms with Crippen molar-refractivity contribution in [2.24, 2.45) is 0 Å². The van der Waals surface area contributed by atoms with E-state index in [2.05, 4.69) is 10.6 Å². The number of benzene rings is 2. The number of anilines is 2. The summed E-state index contributed by atoms with van der Waals surface area (Å²) in [4.78, 5) is 35.9. The van der Waals surface area contributed by atoms with E-state index in [1.54, 1.807) is 12.1 Å². The fourth-order valence-electron chi connectivity index (χ4n) is 3.38. The molecule has 2 aromatic carbocycles. The summed E-state index contributed by atoms with van der Waals surface area (Å²) in [5.41, 5.74) is 1.16. The lowest BCUT2D eigenvalue weighted by Gasteiger charge is -2.25.